The summed E-state index contributed by atoms with van der Waals surface area (Å²) >= 11 is 9.88. The fourth-order valence-corrected chi connectivity index (χ4v) is 5.79. The van der Waals surface area contributed by atoms with E-state index < -0.39 is 24.8 Å². The predicted octanol–water partition coefficient (Wildman–Crippen LogP) is 8.19. The first kappa shape index (κ1) is 26.4. The number of carboxylic acid groups (broad SMARTS) is 1. The molecule has 1 N–H and O–H groups in total. The van der Waals surface area contributed by atoms with Crippen LogP contribution in [0, 0.1) is 18.7 Å². The van der Waals surface area contributed by atoms with Crippen LogP contribution in [0.1, 0.15) is 53.7 Å². The summed E-state index contributed by atoms with van der Waals surface area (Å²) in [7, 11) is 0. The molecule has 0 aliphatic carbocycles. The van der Waals surface area contributed by atoms with Crippen molar-refractivity contribution >= 4 is 33.5 Å². The maximum atomic E-state index is 13.8. The lowest BCUT2D eigenvalue weighted by Gasteiger charge is -2.43. The molecule has 0 spiro atoms. The molecule has 1 aliphatic rings. The van der Waals surface area contributed by atoms with Crippen LogP contribution in [0.3, 0.4) is 0 Å². The van der Waals surface area contributed by atoms with Gasteiger partial charge >= 0.3 is 5.97 Å². The van der Waals surface area contributed by atoms with E-state index in [1.807, 2.05) is 50.2 Å². The minimum Gasteiger partial charge on any atom is -0.480 e. The van der Waals surface area contributed by atoms with E-state index in [9.17, 15) is 14.3 Å². The fraction of sp³-hybridized carbons (Fsp3) is 0.276. The highest BCUT2D eigenvalue weighted by Crippen LogP contribution is 2.54. The SMILES string of the molecule is C=C(C)[C@H]1C[C@H](c2cccc(Cl)c2)[C@H](c2ccc(F)cc2)O[C@@H]1c1cc(C)cc(Br)c1OCC(=O)O. The van der Waals surface area contributed by atoms with E-state index >= 15 is 0 Å². The fourth-order valence-electron chi connectivity index (χ4n) is 4.88. The van der Waals surface area contributed by atoms with Gasteiger partial charge in [0.15, 0.2) is 6.61 Å². The molecule has 0 unspecified atom stereocenters. The summed E-state index contributed by atoms with van der Waals surface area (Å²) < 4.78 is 27.0. The molecule has 0 radical (unpaired) electrons. The smallest absolute Gasteiger partial charge is 0.341 e. The summed E-state index contributed by atoms with van der Waals surface area (Å²) in [6, 6.07) is 17.9. The van der Waals surface area contributed by atoms with Gasteiger partial charge in [-0.05, 0) is 89.3 Å². The second-order valence-electron chi connectivity index (χ2n) is 9.23. The van der Waals surface area contributed by atoms with Gasteiger partial charge in [0.25, 0.3) is 0 Å². The van der Waals surface area contributed by atoms with Gasteiger partial charge in [0.1, 0.15) is 11.6 Å². The van der Waals surface area contributed by atoms with Gasteiger partial charge in [-0.2, -0.15) is 0 Å². The Morgan fingerprint density at radius 3 is 2.53 bits per heavy atom. The van der Waals surface area contributed by atoms with Crippen LogP contribution in [0.25, 0.3) is 0 Å². The Labute approximate surface area is 223 Å². The van der Waals surface area contributed by atoms with Gasteiger partial charge in [0.05, 0.1) is 16.7 Å². The third-order valence-corrected chi connectivity index (χ3v) is 7.33. The maximum Gasteiger partial charge on any atom is 0.341 e. The van der Waals surface area contributed by atoms with Crippen LogP contribution in [0.5, 0.6) is 5.75 Å². The molecule has 3 aromatic rings. The molecule has 0 saturated carbocycles. The molecule has 1 aliphatic heterocycles. The van der Waals surface area contributed by atoms with Crippen LogP contribution in [-0.2, 0) is 9.53 Å². The second-order valence-corrected chi connectivity index (χ2v) is 10.5. The van der Waals surface area contributed by atoms with Crippen LogP contribution in [0.2, 0.25) is 5.02 Å². The largest absolute Gasteiger partial charge is 0.480 e. The zero-order chi connectivity index (χ0) is 26.0. The third-order valence-electron chi connectivity index (χ3n) is 6.50. The Kier molecular flexibility index (Phi) is 8.18. The molecule has 4 atom stereocenters. The molecule has 1 heterocycles. The van der Waals surface area contributed by atoms with Crippen molar-refractivity contribution in [1.29, 1.82) is 0 Å². The Hall–Kier alpha value is -2.67. The van der Waals surface area contributed by atoms with Gasteiger partial charge in [-0.3, -0.25) is 0 Å². The summed E-state index contributed by atoms with van der Waals surface area (Å²) in [5.74, 6) is -1.12. The van der Waals surface area contributed by atoms with Crippen molar-refractivity contribution in [3.8, 4) is 5.75 Å². The molecule has 36 heavy (non-hydrogen) atoms. The van der Waals surface area contributed by atoms with Gasteiger partial charge < -0.3 is 14.6 Å². The van der Waals surface area contributed by atoms with Crippen LogP contribution in [-0.4, -0.2) is 17.7 Å². The summed E-state index contributed by atoms with van der Waals surface area (Å²) in [6.07, 6.45) is -0.170. The molecule has 0 amide bonds. The number of hydrogen-bond donors (Lipinski definition) is 1. The maximum absolute atomic E-state index is 13.8. The van der Waals surface area contributed by atoms with Gasteiger partial charge in [-0.1, -0.05) is 48.0 Å². The van der Waals surface area contributed by atoms with Crippen LogP contribution < -0.4 is 4.74 Å². The quantitative estimate of drug-likeness (QED) is 0.290. The zero-order valence-corrected chi connectivity index (χ0v) is 22.4. The number of carbonyl (C=O) groups is 1. The number of aliphatic carboxylic acids is 1. The summed E-state index contributed by atoms with van der Waals surface area (Å²) in [6.45, 7) is 7.70. The van der Waals surface area contributed by atoms with Crippen molar-refractivity contribution in [3.63, 3.8) is 0 Å². The Balaban J connectivity index is 1.84. The number of rotatable bonds is 7. The highest BCUT2D eigenvalue weighted by molar-refractivity contribution is 9.10. The first-order chi connectivity index (χ1) is 17.1. The number of benzene rings is 3. The van der Waals surface area contributed by atoms with E-state index in [2.05, 4.69) is 22.5 Å². The van der Waals surface area contributed by atoms with Gasteiger partial charge in [-0.25, -0.2) is 9.18 Å². The van der Waals surface area contributed by atoms with Gasteiger partial charge in [0, 0.05) is 22.4 Å². The third kappa shape index (κ3) is 5.83. The molecule has 4 nitrogen and oxygen atoms in total. The second kappa shape index (κ2) is 11.2. The molecule has 0 bridgehead atoms. The molecular weight excluding hydrogens is 547 g/mol. The lowest BCUT2D eigenvalue weighted by Crippen LogP contribution is -2.32. The predicted molar refractivity (Wildman–Crippen MR) is 142 cm³/mol. The standard InChI is InChI=1S/C29H27BrClFO4/c1-16(2)22-14-23(19-5-4-6-20(31)13-19)27(18-7-9-21(32)10-8-18)36-28(22)24-11-17(3)12-25(30)29(24)35-15-26(33)34/h4-13,22-23,27-28H,1,14-15H2,2-3H3,(H,33,34)/t22-,23-,27+,28+/m1/s1. The van der Waals surface area contributed by atoms with E-state index in [1.54, 1.807) is 12.1 Å². The van der Waals surface area contributed by atoms with Gasteiger partial charge in [0.2, 0.25) is 0 Å². The normalized spacial score (nSPS) is 21.7. The molecular formula is C29H27BrClFO4. The van der Waals surface area contributed by atoms with Crippen LogP contribution >= 0.6 is 27.5 Å². The number of halogens is 3. The van der Waals surface area contributed by atoms with Crippen molar-refractivity contribution in [2.24, 2.45) is 5.92 Å². The van der Waals surface area contributed by atoms with E-state index in [4.69, 9.17) is 21.1 Å². The van der Waals surface area contributed by atoms with E-state index in [-0.39, 0.29) is 17.7 Å². The van der Waals surface area contributed by atoms with Crippen molar-refractivity contribution in [3.05, 3.63) is 110 Å². The molecule has 7 heteroatoms. The molecule has 4 rings (SSSR count). The summed E-state index contributed by atoms with van der Waals surface area (Å²) in [4.78, 5) is 11.3. The zero-order valence-electron chi connectivity index (χ0n) is 20.0. The number of aryl methyl sites for hydroxylation is 1. The average molecular weight is 574 g/mol. The minimum atomic E-state index is -1.07. The van der Waals surface area contributed by atoms with Crippen molar-refractivity contribution in [1.82, 2.24) is 0 Å². The number of ether oxygens (including phenoxy) is 2. The van der Waals surface area contributed by atoms with Gasteiger partial charge in [-0.15, -0.1) is 0 Å². The highest BCUT2D eigenvalue weighted by Gasteiger charge is 2.42. The first-order valence-electron chi connectivity index (χ1n) is 11.6. The Bertz CT molecular complexity index is 1280. The molecule has 188 valence electrons. The number of hydrogen-bond acceptors (Lipinski definition) is 3. The summed E-state index contributed by atoms with van der Waals surface area (Å²) in [5, 5.41) is 9.86. The summed E-state index contributed by atoms with van der Waals surface area (Å²) in [5.41, 5.74) is 4.51. The monoisotopic (exact) mass is 572 g/mol. The molecule has 0 aromatic heterocycles. The lowest BCUT2D eigenvalue weighted by atomic mass is 9.74. The van der Waals surface area contributed by atoms with E-state index in [0.29, 0.717) is 21.7 Å². The molecule has 3 aromatic carbocycles. The Morgan fingerprint density at radius 2 is 1.89 bits per heavy atom. The van der Waals surface area contributed by atoms with Crippen molar-refractivity contribution in [2.45, 2.75) is 38.4 Å². The van der Waals surface area contributed by atoms with Crippen LogP contribution in [0.4, 0.5) is 4.39 Å². The average Bonchev–Trinajstić information content (AvgIpc) is 2.82. The lowest BCUT2D eigenvalue weighted by molar-refractivity contribution is -0.139. The van der Waals surface area contributed by atoms with Crippen molar-refractivity contribution in [2.75, 3.05) is 6.61 Å². The minimum absolute atomic E-state index is 0.0660. The van der Waals surface area contributed by atoms with E-state index in [1.165, 1.54) is 12.1 Å². The first-order valence-corrected chi connectivity index (χ1v) is 12.8. The molecule has 1 saturated heterocycles. The molecule has 1 fully saturated rings. The van der Waals surface area contributed by atoms with E-state index in [0.717, 1.165) is 27.8 Å². The highest BCUT2D eigenvalue weighted by atomic mass is 79.9. The van der Waals surface area contributed by atoms with Crippen molar-refractivity contribution < 1.29 is 23.8 Å². The van der Waals surface area contributed by atoms with Crippen LogP contribution in [0.15, 0.2) is 77.3 Å². The topological polar surface area (TPSA) is 55.8 Å². The number of carboxylic acids is 1. The Morgan fingerprint density at radius 1 is 1.17 bits per heavy atom.